The Balaban J connectivity index is 2.08. The molecule has 21 heavy (non-hydrogen) atoms. The van der Waals surface area contributed by atoms with Gasteiger partial charge >= 0.3 is 0 Å². The summed E-state index contributed by atoms with van der Waals surface area (Å²) >= 11 is 0. The van der Waals surface area contributed by atoms with Gasteiger partial charge in [-0.15, -0.1) is 0 Å². The third-order valence-corrected chi connectivity index (χ3v) is 5.03. The standard InChI is InChI=1S/C14H22N2O4S/c1-19-12-3-4-13(14(9-12)20-2)16-21(17,18)10-11-5-7-15-8-6-11/h3-4,9,11,15-16H,5-8,10H2,1-2H3. The molecule has 1 fully saturated rings. The lowest BCUT2D eigenvalue weighted by atomic mass is 10.0. The van der Waals surface area contributed by atoms with Gasteiger partial charge in [-0.1, -0.05) is 0 Å². The summed E-state index contributed by atoms with van der Waals surface area (Å²) in [6.07, 6.45) is 1.78. The van der Waals surface area contributed by atoms with Crippen LogP contribution in [-0.2, 0) is 10.0 Å². The van der Waals surface area contributed by atoms with Gasteiger partial charge in [0.1, 0.15) is 11.5 Å². The lowest BCUT2D eigenvalue weighted by Gasteiger charge is -2.22. The fourth-order valence-corrected chi connectivity index (χ4v) is 3.99. The molecule has 0 aliphatic carbocycles. The largest absolute Gasteiger partial charge is 0.497 e. The smallest absolute Gasteiger partial charge is 0.233 e. The minimum Gasteiger partial charge on any atom is -0.497 e. The van der Waals surface area contributed by atoms with Gasteiger partial charge in [-0.25, -0.2) is 8.42 Å². The van der Waals surface area contributed by atoms with Crippen molar-refractivity contribution in [3.05, 3.63) is 18.2 Å². The van der Waals surface area contributed by atoms with E-state index in [0.717, 1.165) is 25.9 Å². The van der Waals surface area contributed by atoms with Crippen molar-refractivity contribution in [2.24, 2.45) is 5.92 Å². The summed E-state index contributed by atoms with van der Waals surface area (Å²) in [6.45, 7) is 1.76. The minimum absolute atomic E-state index is 0.143. The number of rotatable bonds is 6. The molecule has 0 saturated carbocycles. The molecule has 0 unspecified atom stereocenters. The molecule has 2 rings (SSSR count). The average Bonchev–Trinajstić information content (AvgIpc) is 2.47. The van der Waals surface area contributed by atoms with Crippen LogP contribution in [0.3, 0.4) is 0 Å². The summed E-state index contributed by atoms with van der Waals surface area (Å²) in [5.74, 6) is 1.41. The Morgan fingerprint density at radius 1 is 1.24 bits per heavy atom. The zero-order valence-electron chi connectivity index (χ0n) is 12.4. The Morgan fingerprint density at radius 2 is 1.95 bits per heavy atom. The molecule has 0 amide bonds. The molecule has 6 nitrogen and oxygen atoms in total. The second-order valence-corrected chi connectivity index (χ2v) is 6.91. The fourth-order valence-electron chi connectivity index (χ4n) is 2.45. The number of anilines is 1. The zero-order valence-corrected chi connectivity index (χ0v) is 13.2. The van der Waals surface area contributed by atoms with Gasteiger partial charge in [0.15, 0.2) is 0 Å². The molecule has 1 heterocycles. The van der Waals surface area contributed by atoms with Crippen LogP contribution >= 0.6 is 0 Å². The molecule has 1 saturated heterocycles. The Labute approximate surface area is 125 Å². The highest BCUT2D eigenvalue weighted by Gasteiger charge is 2.22. The van der Waals surface area contributed by atoms with Crippen molar-refractivity contribution in [1.82, 2.24) is 5.32 Å². The molecule has 0 bridgehead atoms. The van der Waals surface area contributed by atoms with E-state index in [1.807, 2.05) is 0 Å². The summed E-state index contributed by atoms with van der Waals surface area (Å²) in [4.78, 5) is 0. The minimum atomic E-state index is -3.39. The van der Waals surface area contributed by atoms with Crippen LogP contribution in [0.25, 0.3) is 0 Å². The number of nitrogens with one attached hydrogen (secondary N) is 2. The molecule has 1 aliphatic rings. The first kappa shape index (κ1) is 15.9. The lowest BCUT2D eigenvalue weighted by Crippen LogP contribution is -2.33. The van der Waals surface area contributed by atoms with Crippen LogP contribution in [0.2, 0.25) is 0 Å². The second-order valence-electron chi connectivity index (χ2n) is 5.14. The van der Waals surface area contributed by atoms with E-state index in [1.54, 1.807) is 25.3 Å². The molecule has 1 aromatic carbocycles. The summed E-state index contributed by atoms with van der Waals surface area (Å²) in [5.41, 5.74) is 0.437. The van der Waals surface area contributed by atoms with Crippen LogP contribution in [0.1, 0.15) is 12.8 Å². The average molecular weight is 314 g/mol. The summed E-state index contributed by atoms with van der Waals surface area (Å²) in [6, 6.07) is 5.00. The van der Waals surface area contributed by atoms with E-state index in [4.69, 9.17) is 9.47 Å². The monoisotopic (exact) mass is 314 g/mol. The molecule has 0 spiro atoms. The number of ether oxygens (including phenoxy) is 2. The van der Waals surface area contributed by atoms with Gasteiger partial charge in [0.05, 0.1) is 25.7 Å². The van der Waals surface area contributed by atoms with Crippen LogP contribution in [0.5, 0.6) is 11.5 Å². The maximum absolute atomic E-state index is 12.3. The first-order valence-corrected chi connectivity index (χ1v) is 8.62. The predicted octanol–water partition coefficient (Wildman–Crippen LogP) is 1.45. The molecule has 1 aliphatic heterocycles. The molecular weight excluding hydrogens is 292 g/mol. The van der Waals surface area contributed by atoms with E-state index in [2.05, 4.69) is 10.0 Å². The van der Waals surface area contributed by atoms with Crippen molar-refractivity contribution < 1.29 is 17.9 Å². The molecule has 7 heteroatoms. The molecular formula is C14H22N2O4S. The van der Waals surface area contributed by atoms with Gasteiger partial charge in [0.25, 0.3) is 0 Å². The molecule has 0 atom stereocenters. The van der Waals surface area contributed by atoms with Crippen molar-refractivity contribution in [3.63, 3.8) is 0 Å². The van der Waals surface area contributed by atoms with Crippen molar-refractivity contribution in [1.29, 1.82) is 0 Å². The normalized spacial score (nSPS) is 16.5. The second kappa shape index (κ2) is 7.00. The number of piperidine rings is 1. The van der Waals surface area contributed by atoms with Gasteiger partial charge < -0.3 is 14.8 Å². The number of hydrogen-bond donors (Lipinski definition) is 2. The number of hydrogen-bond acceptors (Lipinski definition) is 5. The molecule has 118 valence electrons. The number of benzene rings is 1. The van der Waals surface area contributed by atoms with E-state index in [9.17, 15) is 8.42 Å². The summed E-state index contributed by atoms with van der Waals surface area (Å²) < 4.78 is 37.5. The van der Waals surface area contributed by atoms with Crippen LogP contribution in [0.4, 0.5) is 5.69 Å². The predicted molar refractivity (Wildman–Crippen MR) is 82.5 cm³/mol. The summed E-state index contributed by atoms with van der Waals surface area (Å²) in [5, 5.41) is 3.23. The number of sulfonamides is 1. The Hall–Kier alpha value is -1.47. The SMILES string of the molecule is COc1ccc(NS(=O)(=O)CC2CCNCC2)c(OC)c1. The maximum Gasteiger partial charge on any atom is 0.233 e. The van der Waals surface area contributed by atoms with Crippen molar-refractivity contribution in [2.75, 3.05) is 37.8 Å². The van der Waals surface area contributed by atoms with Crippen LogP contribution in [0.15, 0.2) is 18.2 Å². The Bertz CT molecular complexity index is 568. The maximum atomic E-state index is 12.3. The molecule has 0 radical (unpaired) electrons. The fraction of sp³-hybridized carbons (Fsp3) is 0.571. The van der Waals surface area contributed by atoms with E-state index >= 15 is 0 Å². The molecule has 0 aromatic heterocycles. The van der Waals surface area contributed by atoms with E-state index < -0.39 is 10.0 Å². The van der Waals surface area contributed by atoms with E-state index in [0.29, 0.717) is 17.2 Å². The van der Waals surface area contributed by atoms with Gasteiger partial charge in [0, 0.05) is 6.07 Å². The van der Waals surface area contributed by atoms with E-state index in [-0.39, 0.29) is 11.7 Å². The highest BCUT2D eigenvalue weighted by Crippen LogP contribution is 2.30. The highest BCUT2D eigenvalue weighted by atomic mass is 32.2. The van der Waals surface area contributed by atoms with Crippen molar-refractivity contribution in [2.45, 2.75) is 12.8 Å². The van der Waals surface area contributed by atoms with Gasteiger partial charge in [0.2, 0.25) is 10.0 Å². The van der Waals surface area contributed by atoms with Gasteiger partial charge in [-0.3, -0.25) is 4.72 Å². The quantitative estimate of drug-likeness (QED) is 0.831. The third-order valence-electron chi connectivity index (χ3n) is 3.59. The molecule has 1 aromatic rings. The summed E-state index contributed by atoms with van der Waals surface area (Å²) in [7, 11) is -0.334. The molecule has 2 N–H and O–H groups in total. The van der Waals surface area contributed by atoms with Crippen molar-refractivity contribution in [3.8, 4) is 11.5 Å². The lowest BCUT2D eigenvalue weighted by molar-refractivity contribution is 0.395. The van der Waals surface area contributed by atoms with Gasteiger partial charge in [-0.05, 0) is 44.0 Å². The topological polar surface area (TPSA) is 76.7 Å². The first-order valence-electron chi connectivity index (χ1n) is 6.97. The highest BCUT2D eigenvalue weighted by molar-refractivity contribution is 7.92. The first-order chi connectivity index (χ1) is 10.0. The van der Waals surface area contributed by atoms with Crippen LogP contribution < -0.4 is 19.5 Å². The zero-order chi connectivity index (χ0) is 15.3. The Morgan fingerprint density at radius 3 is 2.57 bits per heavy atom. The van der Waals surface area contributed by atoms with Gasteiger partial charge in [-0.2, -0.15) is 0 Å². The van der Waals surface area contributed by atoms with Crippen molar-refractivity contribution >= 4 is 15.7 Å². The van der Waals surface area contributed by atoms with E-state index in [1.165, 1.54) is 7.11 Å². The third kappa shape index (κ3) is 4.50. The Kier molecular flexibility index (Phi) is 5.30. The van der Waals surface area contributed by atoms with Crippen LogP contribution in [0, 0.1) is 5.92 Å². The van der Waals surface area contributed by atoms with Crippen LogP contribution in [-0.4, -0.2) is 41.5 Å². The number of methoxy groups -OCH3 is 2.